The Balaban J connectivity index is 1.70. The van der Waals surface area contributed by atoms with Crippen LogP contribution in [0, 0.1) is 12.7 Å². The van der Waals surface area contributed by atoms with Crippen LogP contribution in [0.15, 0.2) is 54.7 Å². The molecule has 0 bridgehead atoms. The number of aryl methyl sites for hydroxylation is 1. The third-order valence-corrected chi connectivity index (χ3v) is 4.25. The van der Waals surface area contributed by atoms with E-state index in [2.05, 4.69) is 16.0 Å². The normalized spacial score (nSPS) is 10.5. The molecule has 27 heavy (non-hydrogen) atoms. The molecule has 138 valence electrons. The molecule has 0 aliphatic carbocycles. The smallest absolute Gasteiger partial charge is 0.267 e. The van der Waals surface area contributed by atoms with Crippen LogP contribution in [0.3, 0.4) is 0 Å². The monoisotopic (exact) mass is 366 g/mol. The maximum Gasteiger partial charge on any atom is 0.273 e. The van der Waals surface area contributed by atoms with E-state index in [1.165, 1.54) is 16.9 Å². The summed E-state index contributed by atoms with van der Waals surface area (Å²) in [6.07, 6.45) is 2.21. The van der Waals surface area contributed by atoms with Crippen molar-refractivity contribution in [2.24, 2.45) is 0 Å². The van der Waals surface area contributed by atoms with Crippen LogP contribution < -0.4 is 10.9 Å². The van der Waals surface area contributed by atoms with E-state index < -0.39 is 17.6 Å². The molecule has 7 heteroatoms. The Kier molecular flexibility index (Phi) is 5.30. The molecule has 3 rings (SSSR count). The number of benzene rings is 2. The van der Waals surface area contributed by atoms with Crippen molar-refractivity contribution in [1.29, 1.82) is 0 Å². The van der Waals surface area contributed by atoms with Gasteiger partial charge in [0.05, 0.1) is 17.5 Å². The van der Waals surface area contributed by atoms with Gasteiger partial charge in [-0.05, 0) is 43.2 Å². The molecule has 0 aliphatic rings. The number of carbonyl (C=O) groups excluding carboxylic acids is 2. The molecular weight excluding hydrogens is 347 g/mol. The van der Waals surface area contributed by atoms with E-state index in [-0.39, 0.29) is 11.3 Å². The minimum Gasteiger partial charge on any atom is -0.267 e. The van der Waals surface area contributed by atoms with E-state index in [1.807, 2.05) is 19.1 Å². The summed E-state index contributed by atoms with van der Waals surface area (Å²) in [7, 11) is 0. The van der Waals surface area contributed by atoms with Gasteiger partial charge in [0, 0.05) is 5.56 Å². The SMILES string of the molecule is CCc1ccc(C(=O)NNC(=O)c2cnn(-c3ccccc3F)c2C)cc1. The summed E-state index contributed by atoms with van der Waals surface area (Å²) in [6, 6.07) is 13.3. The molecule has 0 saturated carbocycles. The molecule has 0 atom stereocenters. The van der Waals surface area contributed by atoms with Gasteiger partial charge in [0.15, 0.2) is 0 Å². The highest BCUT2D eigenvalue weighted by atomic mass is 19.1. The number of para-hydroxylation sites is 1. The maximum absolute atomic E-state index is 13.9. The summed E-state index contributed by atoms with van der Waals surface area (Å²) in [4.78, 5) is 24.5. The van der Waals surface area contributed by atoms with Gasteiger partial charge in [0.2, 0.25) is 0 Å². The van der Waals surface area contributed by atoms with Crippen molar-refractivity contribution < 1.29 is 14.0 Å². The first kappa shape index (κ1) is 18.3. The van der Waals surface area contributed by atoms with Gasteiger partial charge in [-0.2, -0.15) is 5.10 Å². The van der Waals surface area contributed by atoms with E-state index in [0.717, 1.165) is 12.0 Å². The second kappa shape index (κ2) is 7.82. The minimum atomic E-state index is -0.534. The number of hydrazine groups is 1. The molecule has 2 aromatic carbocycles. The zero-order valence-corrected chi connectivity index (χ0v) is 15.0. The zero-order valence-electron chi connectivity index (χ0n) is 15.0. The first-order valence-electron chi connectivity index (χ1n) is 8.50. The van der Waals surface area contributed by atoms with E-state index in [4.69, 9.17) is 0 Å². The summed E-state index contributed by atoms with van der Waals surface area (Å²) in [5.41, 5.74) is 7.23. The lowest BCUT2D eigenvalue weighted by Gasteiger charge is -2.09. The lowest BCUT2D eigenvalue weighted by Crippen LogP contribution is -2.41. The van der Waals surface area contributed by atoms with Gasteiger partial charge in [-0.3, -0.25) is 20.4 Å². The average molecular weight is 366 g/mol. The van der Waals surface area contributed by atoms with Crippen LogP contribution in [-0.4, -0.2) is 21.6 Å². The predicted molar refractivity (Wildman–Crippen MR) is 99.0 cm³/mol. The Morgan fingerprint density at radius 1 is 1.04 bits per heavy atom. The van der Waals surface area contributed by atoms with Crippen molar-refractivity contribution in [3.63, 3.8) is 0 Å². The maximum atomic E-state index is 13.9. The highest BCUT2D eigenvalue weighted by Crippen LogP contribution is 2.16. The first-order chi connectivity index (χ1) is 13.0. The van der Waals surface area contributed by atoms with Crippen LogP contribution >= 0.6 is 0 Å². The molecule has 6 nitrogen and oxygen atoms in total. The van der Waals surface area contributed by atoms with Crippen molar-refractivity contribution >= 4 is 11.8 Å². The van der Waals surface area contributed by atoms with Crippen LogP contribution in [0.1, 0.15) is 38.9 Å². The van der Waals surface area contributed by atoms with Gasteiger partial charge in [-0.25, -0.2) is 9.07 Å². The number of nitrogens with zero attached hydrogens (tertiary/aromatic N) is 2. The van der Waals surface area contributed by atoms with Gasteiger partial charge >= 0.3 is 0 Å². The quantitative estimate of drug-likeness (QED) is 0.697. The van der Waals surface area contributed by atoms with E-state index >= 15 is 0 Å². The molecule has 0 saturated heterocycles. The molecule has 0 fully saturated rings. The number of rotatable bonds is 4. The van der Waals surface area contributed by atoms with Gasteiger partial charge < -0.3 is 0 Å². The highest BCUT2D eigenvalue weighted by Gasteiger charge is 2.17. The van der Waals surface area contributed by atoms with Crippen molar-refractivity contribution in [3.8, 4) is 5.69 Å². The standard InChI is InChI=1S/C20H19FN4O2/c1-3-14-8-10-15(11-9-14)19(26)23-24-20(27)16-12-22-25(13(16)2)18-7-5-4-6-17(18)21/h4-12H,3H2,1-2H3,(H,23,26)(H,24,27). The summed E-state index contributed by atoms with van der Waals surface area (Å²) in [6.45, 7) is 3.68. The summed E-state index contributed by atoms with van der Waals surface area (Å²) >= 11 is 0. The number of amides is 2. The second-order valence-electron chi connectivity index (χ2n) is 5.97. The van der Waals surface area contributed by atoms with E-state index in [9.17, 15) is 14.0 Å². The molecule has 1 aromatic heterocycles. The van der Waals surface area contributed by atoms with Crippen molar-refractivity contribution in [2.75, 3.05) is 0 Å². The van der Waals surface area contributed by atoms with E-state index in [0.29, 0.717) is 11.3 Å². The summed E-state index contributed by atoms with van der Waals surface area (Å²) < 4.78 is 15.3. The highest BCUT2D eigenvalue weighted by molar-refractivity contribution is 5.99. The number of hydrogen-bond acceptors (Lipinski definition) is 3. The Morgan fingerprint density at radius 2 is 1.70 bits per heavy atom. The molecule has 2 amide bonds. The fraction of sp³-hybridized carbons (Fsp3) is 0.150. The van der Waals surface area contributed by atoms with Crippen LogP contribution in [-0.2, 0) is 6.42 Å². The van der Waals surface area contributed by atoms with Gasteiger partial charge in [0.25, 0.3) is 11.8 Å². The number of nitrogens with one attached hydrogen (secondary N) is 2. The lowest BCUT2D eigenvalue weighted by atomic mass is 10.1. The number of aromatic nitrogens is 2. The lowest BCUT2D eigenvalue weighted by molar-refractivity contribution is 0.0846. The van der Waals surface area contributed by atoms with Crippen molar-refractivity contribution in [1.82, 2.24) is 20.6 Å². The van der Waals surface area contributed by atoms with Crippen LogP contribution in [0.2, 0.25) is 0 Å². The summed E-state index contributed by atoms with van der Waals surface area (Å²) in [5, 5.41) is 4.08. The van der Waals surface area contributed by atoms with Gasteiger partial charge in [-0.1, -0.05) is 31.2 Å². The average Bonchev–Trinajstić information content (AvgIpc) is 3.07. The molecule has 0 radical (unpaired) electrons. The fourth-order valence-electron chi connectivity index (χ4n) is 2.64. The van der Waals surface area contributed by atoms with Gasteiger partial charge in [0.1, 0.15) is 11.5 Å². The molecule has 0 unspecified atom stereocenters. The van der Waals surface area contributed by atoms with Crippen molar-refractivity contribution in [3.05, 3.63) is 82.9 Å². The molecule has 2 N–H and O–H groups in total. The Bertz CT molecular complexity index is 980. The molecule has 3 aromatic rings. The Hall–Kier alpha value is -3.48. The van der Waals surface area contributed by atoms with Crippen molar-refractivity contribution in [2.45, 2.75) is 20.3 Å². The van der Waals surface area contributed by atoms with E-state index in [1.54, 1.807) is 37.3 Å². The largest absolute Gasteiger partial charge is 0.273 e. The fourth-order valence-corrected chi connectivity index (χ4v) is 2.64. The Morgan fingerprint density at radius 3 is 2.37 bits per heavy atom. The molecule has 1 heterocycles. The topological polar surface area (TPSA) is 76.0 Å². The third kappa shape index (κ3) is 3.87. The first-order valence-corrected chi connectivity index (χ1v) is 8.50. The molecule has 0 spiro atoms. The molecule has 0 aliphatic heterocycles. The summed E-state index contributed by atoms with van der Waals surface area (Å²) in [5.74, 6) is -1.40. The number of hydrogen-bond donors (Lipinski definition) is 2. The van der Waals surface area contributed by atoms with Crippen LogP contribution in [0.4, 0.5) is 4.39 Å². The zero-order chi connectivity index (χ0) is 19.4. The third-order valence-electron chi connectivity index (χ3n) is 4.25. The number of carbonyl (C=O) groups is 2. The van der Waals surface area contributed by atoms with Crippen LogP contribution in [0.25, 0.3) is 5.69 Å². The minimum absolute atomic E-state index is 0.236. The number of halogens is 1. The van der Waals surface area contributed by atoms with Gasteiger partial charge in [-0.15, -0.1) is 0 Å². The van der Waals surface area contributed by atoms with Crippen LogP contribution in [0.5, 0.6) is 0 Å². The molecular formula is C20H19FN4O2. The predicted octanol–water partition coefficient (Wildman–Crippen LogP) is 2.96. The second-order valence-corrected chi connectivity index (χ2v) is 5.97. The Labute approximate surface area is 156 Å².